The number of hydrogen-bond donors (Lipinski definition) is 2. The molecule has 132 valence electrons. The minimum absolute atomic E-state index is 0.0677. The summed E-state index contributed by atoms with van der Waals surface area (Å²) in [6.45, 7) is 4.99. The smallest absolute Gasteiger partial charge is 0.315 e. The maximum atomic E-state index is 12.3. The molecule has 1 unspecified atom stereocenters. The molecule has 2 aromatic rings. The highest BCUT2D eigenvalue weighted by Gasteiger charge is 2.22. The molecule has 5 heteroatoms. The van der Waals surface area contributed by atoms with Crippen molar-refractivity contribution >= 4 is 22.7 Å². The number of rotatable bonds is 3. The number of likely N-dealkylation sites (tertiary alicyclic amines) is 1. The number of fused-ring (bicyclic) bond motifs is 1. The Morgan fingerprint density at radius 2 is 1.76 bits per heavy atom. The molecule has 2 N–H and O–H groups in total. The molecule has 3 amide bonds. The topological polar surface area (TPSA) is 61.4 Å². The van der Waals surface area contributed by atoms with Crippen molar-refractivity contribution in [3.8, 4) is 0 Å². The maximum absolute atomic E-state index is 12.3. The molecule has 1 fully saturated rings. The molecule has 1 atom stereocenters. The van der Waals surface area contributed by atoms with Gasteiger partial charge in [0.25, 0.3) is 0 Å². The lowest BCUT2D eigenvalue weighted by atomic mass is 10.0. The minimum Gasteiger partial charge on any atom is -0.343 e. The van der Waals surface area contributed by atoms with E-state index in [0.717, 1.165) is 18.4 Å². The molecule has 0 aromatic heterocycles. The summed E-state index contributed by atoms with van der Waals surface area (Å²) in [6.07, 6.45) is 1.61. The van der Waals surface area contributed by atoms with Crippen LogP contribution in [0.2, 0.25) is 0 Å². The van der Waals surface area contributed by atoms with Gasteiger partial charge in [-0.2, -0.15) is 0 Å². The van der Waals surface area contributed by atoms with E-state index in [4.69, 9.17) is 0 Å². The highest BCUT2D eigenvalue weighted by molar-refractivity contribution is 5.83. The zero-order chi connectivity index (χ0) is 17.8. The molecule has 0 radical (unpaired) electrons. The van der Waals surface area contributed by atoms with Crippen LogP contribution in [0.1, 0.15) is 38.3 Å². The summed E-state index contributed by atoms with van der Waals surface area (Å²) in [5.74, 6) is 0.104. The van der Waals surface area contributed by atoms with Gasteiger partial charge in [0.1, 0.15) is 0 Å². The third-order valence-electron chi connectivity index (χ3n) is 4.90. The van der Waals surface area contributed by atoms with Crippen molar-refractivity contribution in [2.75, 3.05) is 13.1 Å². The third kappa shape index (κ3) is 4.29. The maximum Gasteiger partial charge on any atom is 0.315 e. The summed E-state index contributed by atoms with van der Waals surface area (Å²) in [7, 11) is 0. The fourth-order valence-corrected chi connectivity index (χ4v) is 3.32. The molecule has 0 saturated carbocycles. The zero-order valence-corrected chi connectivity index (χ0v) is 14.8. The van der Waals surface area contributed by atoms with Crippen molar-refractivity contribution in [3.63, 3.8) is 0 Å². The second-order valence-corrected chi connectivity index (χ2v) is 6.73. The molecule has 1 heterocycles. The van der Waals surface area contributed by atoms with Gasteiger partial charge >= 0.3 is 6.03 Å². The predicted octanol–water partition coefficient (Wildman–Crippen LogP) is 3.21. The van der Waals surface area contributed by atoms with Gasteiger partial charge in [0.2, 0.25) is 5.91 Å². The Hall–Kier alpha value is -2.56. The van der Waals surface area contributed by atoms with E-state index in [9.17, 15) is 9.59 Å². The molecule has 1 aliphatic heterocycles. The molecule has 1 aliphatic rings. The SMILES string of the molecule is CC(=O)N1CCC(NC(=O)NC(C)c2ccc3ccccc3c2)CC1. The number of urea groups is 1. The van der Waals surface area contributed by atoms with E-state index < -0.39 is 0 Å². The average molecular weight is 339 g/mol. The fourth-order valence-electron chi connectivity index (χ4n) is 3.32. The lowest BCUT2D eigenvalue weighted by Crippen LogP contribution is -2.49. The van der Waals surface area contributed by atoms with Gasteiger partial charge in [0, 0.05) is 26.1 Å². The molecule has 5 nitrogen and oxygen atoms in total. The van der Waals surface area contributed by atoms with E-state index >= 15 is 0 Å². The molecule has 1 saturated heterocycles. The molecule has 3 rings (SSSR count). The number of nitrogens with zero attached hydrogens (tertiary/aromatic N) is 1. The van der Waals surface area contributed by atoms with Gasteiger partial charge < -0.3 is 15.5 Å². The summed E-state index contributed by atoms with van der Waals surface area (Å²) in [4.78, 5) is 25.4. The lowest BCUT2D eigenvalue weighted by molar-refractivity contribution is -0.129. The van der Waals surface area contributed by atoms with Gasteiger partial charge in [0.05, 0.1) is 6.04 Å². The first-order chi connectivity index (χ1) is 12.0. The van der Waals surface area contributed by atoms with Crippen LogP contribution < -0.4 is 10.6 Å². The molecule has 0 aliphatic carbocycles. The predicted molar refractivity (Wildman–Crippen MR) is 99.3 cm³/mol. The molecule has 0 bridgehead atoms. The van der Waals surface area contributed by atoms with Crippen LogP contribution in [0.25, 0.3) is 10.8 Å². The van der Waals surface area contributed by atoms with Crippen LogP contribution in [-0.4, -0.2) is 36.0 Å². The first-order valence-electron chi connectivity index (χ1n) is 8.84. The first-order valence-corrected chi connectivity index (χ1v) is 8.84. The molecular weight excluding hydrogens is 314 g/mol. The molecule has 25 heavy (non-hydrogen) atoms. The minimum atomic E-state index is -0.151. The number of hydrogen-bond acceptors (Lipinski definition) is 2. The van der Waals surface area contributed by atoms with Crippen LogP contribution in [0.3, 0.4) is 0 Å². The number of benzene rings is 2. The largest absolute Gasteiger partial charge is 0.343 e. The molecular formula is C20H25N3O2. The Morgan fingerprint density at radius 1 is 1.08 bits per heavy atom. The van der Waals surface area contributed by atoms with Crippen molar-refractivity contribution in [1.29, 1.82) is 0 Å². The second-order valence-electron chi connectivity index (χ2n) is 6.73. The van der Waals surface area contributed by atoms with Crippen molar-refractivity contribution < 1.29 is 9.59 Å². The molecule has 2 aromatic carbocycles. The van der Waals surface area contributed by atoms with Crippen LogP contribution in [0.4, 0.5) is 4.79 Å². The van der Waals surface area contributed by atoms with Gasteiger partial charge in [-0.1, -0.05) is 36.4 Å². The van der Waals surface area contributed by atoms with Gasteiger partial charge in [-0.3, -0.25) is 4.79 Å². The average Bonchev–Trinajstić information content (AvgIpc) is 2.61. The number of nitrogens with one attached hydrogen (secondary N) is 2. The van der Waals surface area contributed by atoms with Crippen molar-refractivity contribution in [1.82, 2.24) is 15.5 Å². The van der Waals surface area contributed by atoms with Crippen molar-refractivity contribution in [3.05, 3.63) is 48.0 Å². The Morgan fingerprint density at radius 3 is 2.44 bits per heavy atom. The summed E-state index contributed by atoms with van der Waals surface area (Å²) in [5.41, 5.74) is 1.08. The Labute approximate surface area is 148 Å². The van der Waals surface area contributed by atoms with E-state index in [1.54, 1.807) is 6.92 Å². The van der Waals surface area contributed by atoms with Gasteiger partial charge in [-0.25, -0.2) is 4.79 Å². The number of amides is 3. The quantitative estimate of drug-likeness (QED) is 0.902. The van der Waals surface area contributed by atoms with Crippen LogP contribution in [0, 0.1) is 0 Å². The summed E-state index contributed by atoms with van der Waals surface area (Å²) >= 11 is 0. The monoisotopic (exact) mass is 339 g/mol. The number of carbonyl (C=O) groups is 2. The Balaban J connectivity index is 1.54. The summed E-state index contributed by atoms with van der Waals surface area (Å²) < 4.78 is 0. The molecule has 0 spiro atoms. The van der Waals surface area contributed by atoms with Crippen LogP contribution >= 0.6 is 0 Å². The summed E-state index contributed by atoms with van der Waals surface area (Å²) in [6, 6.07) is 14.4. The number of piperidine rings is 1. The van der Waals surface area contributed by atoms with E-state index in [2.05, 4.69) is 41.0 Å². The second kappa shape index (κ2) is 7.55. The van der Waals surface area contributed by atoms with Crippen molar-refractivity contribution in [2.45, 2.75) is 38.8 Å². The van der Waals surface area contributed by atoms with Crippen LogP contribution in [-0.2, 0) is 4.79 Å². The van der Waals surface area contributed by atoms with Gasteiger partial charge in [-0.15, -0.1) is 0 Å². The standard InChI is InChI=1S/C20H25N3O2/c1-14(17-8-7-16-5-3-4-6-18(16)13-17)21-20(25)22-19-9-11-23(12-10-19)15(2)24/h3-8,13-14,19H,9-12H2,1-2H3,(H2,21,22,25). The van der Waals surface area contributed by atoms with Crippen LogP contribution in [0.15, 0.2) is 42.5 Å². The van der Waals surface area contributed by atoms with E-state index in [0.29, 0.717) is 13.1 Å². The highest BCUT2D eigenvalue weighted by atomic mass is 16.2. The zero-order valence-electron chi connectivity index (χ0n) is 14.8. The lowest BCUT2D eigenvalue weighted by Gasteiger charge is -2.32. The Bertz CT molecular complexity index is 766. The highest BCUT2D eigenvalue weighted by Crippen LogP contribution is 2.20. The normalized spacial score (nSPS) is 16.5. The van der Waals surface area contributed by atoms with Crippen molar-refractivity contribution in [2.24, 2.45) is 0 Å². The Kier molecular flexibility index (Phi) is 5.22. The fraction of sp³-hybridized carbons (Fsp3) is 0.400. The first kappa shape index (κ1) is 17.3. The van der Waals surface area contributed by atoms with Gasteiger partial charge in [0.15, 0.2) is 0 Å². The van der Waals surface area contributed by atoms with E-state index in [1.807, 2.05) is 24.0 Å². The van der Waals surface area contributed by atoms with Gasteiger partial charge in [-0.05, 0) is 42.2 Å². The van der Waals surface area contributed by atoms with E-state index in [-0.39, 0.29) is 24.0 Å². The number of carbonyl (C=O) groups excluding carboxylic acids is 2. The van der Waals surface area contributed by atoms with E-state index in [1.165, 1.54) is 10.8 Å². The van der Waals surface area contributed by atoms with Crippen LogP contribution in [0.5, 0.6) is 0 Å². The summed E-state index contributed by atoms with van der Waals surface area (Å²) in [5, 5.41) is 8.41. The third-order valence-corrected chi connectivity index (χ3v) is 4.90.